The number of rotatable bonds is 8. The average molecular weight is 514 g/mol. The van der Waals surface area contributed by atoms with Crippen LogP contribution in [0.1, 0.15) is 28.6 Å². The van der Waals surface area contributed by atoms with Crippen LogP contribution < -0.4 is 19.6 Å². The van der Waals surface area contributed by atoms with Gasteiger partial charge in [0.1, 0.15) is 29.4 Å². The molecule has 0 N–H and O–H groups in total. The van der Waals surface area contributed by atoms with Crippen molar-refractivity contribution in [2.45, 2.75) is 19.7 Å². The van der Waals surface area contributed by atoms with Gasteiger partial charge in [0.15, 0.2) is 0 Å². The molecule has 1 aromatic heterocycles. The van der Waals surface area contributed by atoms with E-state index in [1.54, 1.807) is 31.2 Å². The van der Waals surface area contributed by atoms with Crippen LogP contribution >= 0.6 is 0 Å². The molecule has 37 heavy (non-hydrogen) atoms. The Balaban J connectivity index is 1.65. The lowest BCUT2D eigenvalue weighted by molar-refractivity contribution is -0.154. The van der Waals surface area contributed by atoms with Crippen molar-refractivity contribution < 1.29 is 41.3 Å². The maximum absolute atomic E-state index is 13.8. The Morgan fingerprint density at radius 2 is 1.68 bits per heavy atom. The molecule has 1 heterocycles. The quantitative estimate of drug-likeness (QED) is 0.253. The second kappa shape index (κ2) is 10.7. The molecule has 0 unspecified atom stereocenters. The number of ether oxygens (including phenoxy) is 4. The monoisotopic (exact) mass is 514 g/mol. The fourth-order valence-corrected chi connectivity index (χ4v) is 3.45. The normalized spacial score (nSPS) is 11.3. The molecule has 0 aliphatic rings. The predicted octanol–water partition coefficient (Wildman–Crippen LogP) is 6.37. The number of methoxy groups -OCH3 is 1. The number of carbonyl (C=O) groups excluding carboxylic acids is 1. The summed E-state index contributed by atoms with van der Waals surface area (Å²) in [6.07, 6.45) is -5.02. The van der Waals surface area contributed by atoms with Crippen molar-refractivity contribution in [3.63, 3.8) is 0 Å². The average Bonchev–Trinajstić information content (AvgIpc) is 2.89. The fraction of sp³-hybridized carbons (Fsp3) is 0.185. The van der Waals surface area contributed by atoms with E-state index in [-0.39, 0.29) is 41.2 Å². The van der Waals surface area contributed by atoms with E-state index in [0.717, 1.165) is 5.56 Å². The van der Waals surface area contributed by atoms with Crippen LogP contribution in [0.5, 0.6) is 23.0 Å². The van der Waals surface area contributed by atoms with Gasteiger partial charge < -0.3 is 23.4 Å². The van der Waals surface area contributed by atoms with Gasteiger partial charge in [0, 0.05) is 6.07 Å². The van der Waals surface area contributed by atoms with E-state index in [9.17, 15) is 22.8 Å². The number of alkyl halides is 3. The third-order valence-electron chi connectivity index (χ3n) is 5.20. The molecule has 10 heteroatoms. The minimum Gasteiger partial charge on any atom is -0.497 e. The molecule has 0 amide bonds. The summed E-state index contributed by atoms with van der Waals surface area (Å²) in [5, 5.41) is -0.125. The topological polar surface area (TPSA) is 84.2 Å². The Morgan fingerprint density at radius 1 is 0.946 bits per heavy atom. The first kappa shape index (κ1) is 25.6. The van der Waals surface area contributed by atoms with Crippen molar-refractivity contribution in [1.82, 2.24) is 0 Å². The summed E-state index contributed by atoms with van der Waals surface area (Å²) >= 11 is 0. The highest BCUT2D eigenvalue weighted by atomic mass is 19.4. The van der Waals surface area contributed by atoms with Crippen molar-refractivity contribution in [3.05, 3.63) is 93.8 Å². The van der Waals surface area contributed by atoms with Crippen LogP contribution in [0.3, 0.4) is 0 Å². The molecule has 0 aliphatic carbocycles. The van der Waals surface area contributed by atoms with Gasteiger partial charge in [0.25, 0.3) is 5.76 Å². The van der Waals surface area contributed by atoms with E-state index in [4.69, 9.17) is 23.4 Å². The van der Waals surface area contributed by atoms with Gasteiger partial charge in [-0.3, -0.25) is 4.79 Å². The number of hydrogen-bond acceptors (Lipinski definition) is 7. The second-order valence-corrected chi connectivity index (χ2v) is 7.73. The molecule has 0 bridgehead atoms. The van der Waals surface area contributed by atoms with Crippen LogP contribution in [0, 0.1) is 0 Å². The van der Waals surface area contributed by atoms with Gasteiger partial charge >= 0.3 is 12.1 Å². The molecule has 0 fully saturated rings. The molecular formula is C27H21F3O7. The summed E-state index contributed by atoms with van der Waals surface area (Å²) in [5.74, 6) is -2.47. The molecule has 0 saturated carbocycles. The SMILES string of the molecule is CCOC(=O)c1ccc(Oc2c(C(F)(F)F)oc3cc(OCc4cccc(OC)c4)ccc3c2=O)cc1. The summed E-state index contributed by atoms with van der Waals surface area (Å²) in [6, 6.07) is 16.2. The van der Waals surface area contributed by atoms with Crippen LogP contribution in [-0.4, -0.2) is 19.7 Å². The zero-order valence-corrected chi connectivity index (χ0v) is 19.8. The van der Waals surface area contributed by atoms with Crippen LogP contribution in [0.25, 0.3) is 11.0 Å². The summed E-state index contributed by atoms with van der Waals surface area (Å²) in [4.78, 5) is 24.8. The summed E-state index contributed by atoms with van der Waals surface area (Å²) in [7, 11) is 1.53. The van der Waals surface area contributed by atoms with Crippen LogP contribution in [0.2, 0.25) is 0 Å². The van der Waals surface area contributed by atoms with Gasteiger partial charge in [-0.1, -0.05) is 12.1 Å². The Kier molecular flexibility index (Phi) is 7.37. The minimum absolute atomic E-state index is 0.0940. The first-order valence-electron chi connectivity index (χ1n) is 11.1. The standard InChI is InChI=1S/C27H21F3O7/c1-3-34-26(32)17-7-9-18(10-8-17)36-24-23(31)21-12-11-20(14-22(21)37-25(24)27(28,29)30)35-15-16-5-4-6-19(13-16)33-2/h4-14H,3,15H2,1-2H3. The van der Waals surface area contributed by atoms with Crippen LogP contribution in [0.4, 0.5) is 13.2 Å². The van der Waals surface area contributed by atoms with Crippen LogP contribution in [0.15, 0.2) is 75.9 Å². The van der Waals surface area contributed by atoms with E-state index in [1.165, 1.54) is 49.6 Å². The van der Waals surface area contributed by atoms with Gasteiger partial charge in [0.05, 0.1) is 24.7 Å². The van der Waals surface area contributed by atoms with E-state index < -0.39 is 29.1 Å². The molecule has 192 valence electrons. The lowest BCUT2D eigenvalue weighted by atomic mass is 10.2. The number of esters is 1. The van der Waals surface area contributed by atoms with Gasteiger partial charge in [-0.05, 0) is 61.0 Å². The lowest BCUT2D eigenvalue weighted by Gasteiger charge is -2.14. The van der Waals surface area contributed by atoms with Crippen molar-refractivity contribution in [2.75, 3.05) is 13.7 Å². The Bertz CT molecular complexity index is 1470. The van der Waals surface area contributed by atoms with Crippen LogP contribution in [-0.2, 0) is 17.5 Å². The Hall–Kier alpha value is -4.47. The largest absolute Gasteiger partial charge is 0.497 e. The number of hydrogen-bond donors (Lipinski definition) is 0. The highest BCUT2D eigenvalue weighted by molar-refractivity contribution is 5.89. The maximum atomic E-state index is 13.8. The van der Waals surface area contributed by atoms with Gasteiger partial charge in [-0.25, -0.2) is 4.79 Å². The zero-order valence-electron chi connectivity index (χ0n) is 19.8. The zero-order chi connectivity index (χ0) is 26.6. The molecule has 4 aromatic rings. The van der Waals surface area contributed by atoms with E-state index in [1.807, 2.05) is 0 Å². The van der Waals surface area contributed by atoms with Gasteiger partial charge in [-0.2, -0.15) is 13.2 Å². The first-order chi connectivity index (χ1) is 17.7. The van der Waals surface area contributed by atoms with E-state index in [2.05, 4.69) is 0 Å². The summed E-state index contributed by atoms with van der Waals surface area (Å²) < 4.78 is 67.6. The maximum Gasteiger partial charge on any atom is 0.453 e. The third-order valence-corrected chi connectivity index (χ3v) is 5.20. The minimum atomic E-state index is -5.02. The van der Waals surface area contributed by atoms with Crippen molar-refractivity contribution in [3.8, 4) is 23.0 Å². The number of carbonyl (C=O) groups is 1. The smallest absolute Gasteiger partial charge is 0.453 e. The first-order valence-corrected chi connectivity index (χ1v) is 11.1. The molecular weight excluding hydrogens is 493 g/mol. The van der Waals surface area contributed by atoms with Gasteiger partial charge in [-0.15, -0.1) is 0 Å². The Morgan fingerprint density at radius 3 is 2.35 bits per heavy atom. The number of benzene rings is 3. The third kappa shape index (κ3) is 5.85. The molecule has 0 atom stereocenters. The predicted molar refractivity (Wildman–Crippen MR) is 127 cm³/mol. The van der Waals surface area contributed by atoms with Crippen molar-refractivity contribution in [1.29, 1.82) is 0 Å². The van der Waals surface area contributed by atoms with E-state index >= 15 is 0 Å². The van der Waals surface area contributed by atoms with Crippen molar-refractivity contribution in [2.24, 2.45) is 0 Å². The molecule has 0 saturated heterocycles. The summed E-state index contributed by atoms with van der Waals surface area (Å²) in [6.45, 7) is 1.92. The number of fused-ring (bicyclic) bond motifs is 1. The van der Waals surface area contributed by atoms with E-state index in [0.29, 0.717) is 5.75 Å². The molecule has 7 nitrogen and oxygen atoms in total. The number of halogens is 3. The Labute approximate surface area is 208 Å². The highest BCUT2D eigenvalue weighted by Crippen LogP contribution is 2.38. The fourth-order valence-electron chi connectivity index (χ4n) is 3.45. The van der Waals surface area contributed by atoms with Crippen molar-refractivity contribution >= 4 is 16.9 Å². The lowest BCUT2D eigenvalue weighted by Crippen LogP contribution is -2.15. The molecule has 3 aromatic carbocycles. The second-order valence-electron chi connectivity index (χ2n) is 7.73. The molecule has 0 aliphatic heterocycles. The van der Waals surface area contributed by atoms with Gasteiger partial charge in [0.2, 0.25) is 11.2 Å². The molecule has 0 spiro atoms. The molecule has 0 radical (unpaired) electrons. The summed E-state index contributed by atoms with van der Waals surface area (Å²) in [5.41, 5.74) is -0.375. The highest BCUT2D eigenvalue weighted by Gasteiger charge is 2.40. The molecule has 4 rings (SSSR count).